The number of nitrogens with zero attached hydrogens (tertiary/aromatic N) is 1. The first kappa shape index (κ1) is 13.9. The van der Waals surface area contributed by atoms with Crippen LogP contribution in [0.2, 0.25) is 0 Å². The lowest BCUT2D eigenvalue weighted by atomic mass is 10.2. The van der Waals surface area contributed by atoms with Crippen molar-refractivity contribution in [2.45, 2.75) is 26.2 Å². The largest absolute Gasteiger partial charge is 0.481 e. The Morgan fingerprint density at radius 1 is 1.33 bits per heavy atom. The highest BCUT2D eigenvalue weighted by Crippen LogP contribution is 1.97. The van der Waals surface area contributed by atoms with Crippen LogP contribution in [-0.2, 0) is 9.59 Å². The molecular formula is C10H20N2O3. The van der Waals surface area contributed by atoms with Crippen molar-refractivity contribution < 1.29 is 14.7 Å². The van der Waals surface area contributed by atoms with Gasteiger partial charge in [0.05, 0.1) is 6.54 Å². The van der Waals surface area contributed by atoms with Gasteiger partial charge in [-0.05, 0) is 33.4 Å². The first-order valence-corrected chi connectivity index (χ1v) is 5.23. The van der Waals surface area contributed by atoms with Crippen LogP contribution in [0.1, 0.15) is 26.2 Å². The molecule has 0 heterocycles. The molecule has 5 heteroatoms. The lowest BCUT2D eigenvalue weighted by Gasteiger charge is -2.15. The van der Waals surface area contributed by atoms with Crippen LogP contribution in [0.3, 0.4) is 0 Å². The molecule has 0 aromatic carbocycles. The van der Waals surface area contributed by atoms with E-state index >= 15 is 0 Å². The zero-order chi connectivity index (χ0) is 11.7. The van der Waals surface area contributed by atoms with Gasteiger partial charge in [0.15, 0.2) is 0 Å². The Balaban J connectivity index is 3.44. The molecule has 88 valence electrons. The summed E-state index contributed by atoms with van der Waals surface area (Å²) < 4.78 is 0. The fourth-order valence-corrected chi connectivity index (χ4v) is 1.24. The van der Waals surface area contributed by atoms with Gasteiger partial charge in [-0.15, -0.1) is 0 Å². The van der Waals surface area contributed by atoms with E-state index in [1.807, 2.05) is 18.9 Å². The van der Waals surface area contributed by atoms with Crippen molar-refractivity contribution in [3.8, 4) is 0 Å². The summed E-state index contributed by atoms with van der Waals surface area (Å²) in [6.07, 6.45) is 1.67. The Hall–Kier alpha value is -1.10. The minimum atomic E-state index is -0.763. The number of likely N-dealkylation sites (N-methyl/N-ethyl adjacent to an activating group) is 2. The van der Waals surface area contributed by atoms with E-state index in [2.05, 4.69) is 5.32 Å². The van der Waals surface area contributed by atoms with Gasteiger partial charge >= 0.3 is 5.97 Å². The van der Waals surface area contributed by atoms with Crippen LogP contribution in [0.25, 0.3) is 0 Å². The quantitative estimate of drug-likeness (QED) is 0.573. The van der Waals surface area contributed by atoms with Crippen molar-refractivity contribution in [1.29, 1.82) is 0 Å². The number of unbranched alkanes of at least 4 members (excludes halogenated alkanes) is 1. The number of aliphatic carboxylic acids is 1. The summed E-state index contributed by atoms with van der Waals surface area (Å²) in [5.74, 6) is -0.750. The van der Waals surface area contributed by atoms with Crippen LogP contribution in [0.4, 0.5) is 0 Å². The van der Waals surface area contributed by atoms with E-state index < -0.39 is 5.97 Å². The highest BCUT2D eigenvalue weighted by atomic mass is 16.4. The average molecular weight is 216 g/mol. The van der Waals surface area contributed by atoms with E-state index in [0.717, 1.165) is 13.0 Å². The highest BCUT2D eigenvalue weighted by Gasteiger charge is 2.05. The van der Waals surface area contributed by atoms with Gasteiger partial charge in [0.2, 0.25) is 5.91 Å². The van der Waals surface area contributed by atoms with Crippen molar-refractivity contribution in [3.63, 3.8) is 0 Å². The lowest BCUT2D eigenvalue weighted by molar-refractivity contribution is -0.137. The molecule has 0 atom stereocenters. The maximum absolute atomic E-state index is 11.1. The van der Waals surface area contributed by atoms with Gasteiger partial charge in [0.1, 0.15) is 0 Å². The average Bonchev–Trinajstić information content (AvgIpc) is 2.12. The fraction of sp³-hybridized carbons (Fsp3) is 0.800. The molecule has 0 saturated carbocycles. The molecule has 0 aliphatic rings. The zero-order valence-corrected chi connectivity index (χ0v) is 9.45. The molecule has 0 aromatic heterocycles. The maximum atomic E-state index is 11.1. The Morgan fingerprint density at radius 2 is 2.00 bits per heavy atom. The topological polar surface area (TPSA) is 69.6 Å². The van der Waals surface area contributed by atoms with Crippen LogP contribution < -0.4 is 5.32 Å². The summed E-state index contributed by atoms with van der Waals surface area (Å²) >= 11 is 0. The van der Waals surface area contributed by atoms with Gasteiger partial charge in [0.25, 0.3) is 0 Å². The number of amides is 1. The Kier molecular flexibility index (Phi) is 7.62. The molecule has 0 fully saturated rings. The predicted molar refractivity (Wildman–Crippen MR) is 57.7 cm³/mol. The number of hydrogen-bond donors (Lipinski definition) is 2. The van der Waals surface area contributed by atoms with Crippen LogP contribution in [0.5, 0.6) is 0 Å². The predicted octanol–water partition coefficient (Wildman–Crippen LogP) is 0.309. The van der Waals surface area contributed by atoms with Crippen molar-refractivity contribution in [1.82, 2.24) is 10.2 Å². The van der Waals surface area contributed by atoms with E-state index in [-0.39, 0.29) is 12.3 Å². The van der Waals surface area contributed by atoms with Gasteiger partial charge in [-0.2, -0.15) is 0 Å². The second kappa shape index (κ2) is 8.23. The first-order valence-electron chi connectivity index (χ1n) is 5.23. The number of hydrogen-bond acceptors (Lipinski definition) is 3. The minimum Gasteiger partial charge on any atom is -0.481 e. The molecule has 0 radical (unpaired) electrons. The van der Waals surface area contributed by atoms with Crippen molar-refractivity contribution >= 4 is 11.9 Å². The molecule has 2 N–H and O–H groups in total. The summed E-state index contributed by atoms with van der Waals surface area (Å²) in [4.78, 5) is 23.3. The van der Waals surface area contributed by atoms with E-state index in [4.69, 9.17) is 5.11 Å². The Labute approximate surface area is 90.5 Å². The third-order valence-corrected chi connectivity index (χ3v) is 1.97. The molecule has 0 bridgehead atoms. The number of carbonyl (C=O) groups is 2. The fourth-order valence-electron chi connectivity index (χ4n) is 1.24. The Bertz CT molecular complexity index is 207. The van der Waals surface area contributed by atoms with Crippen LogP contribution in [-0.4, -0.2) is 48.6 Å². The molecule has 1 amide bonds. The molecule has 0 aliphatic carbocycles. The van der Waals surface area contributed by atoms with Gasteiger partial charge in [-0.1, -0.05) is 0 Å². The molecule has 0 saturated heterocycles. The molecule has 0 aromatic rings. The van der Waals surface area contributed by atoms with Crippen molar-refractivity contribution in [2.24, 2.45) is 0 Å². The van der Waals surface area contributed by atoms with E-state index in [1.165, 1.54) is 0 Å². The lowest BCUT2D eigenvalue weighted by Crippen LogP contribution is -2.35. The van der Waals surface area contributed by atoms with Gasteiger partial charge in [-0.3, -0.25) is 14.5 Å². The second-order valence-electron chi connectivity index (χ2n) is 3.54. The summed E-state index contributed by atoms with van der Waals surface area (Å²) in [5.41, 5.74) is 0. The van der Waals surface area contributed by atoms with Gasteiger partial charge in [-0.25, -0.2) is 0 Å². The third-order valence-electron chi connectivity index (χ3n) is 1.97. The van der Waals surface area contributed by atoms with Crippen LogP contribution >= 0.6 is 0 Å². The molecular weight excluding hydrogens is 196 g/mol. The number of carboxylic acid groups (broad SMARTS) is 1. The van der Waals surface area contributed by atoms with Gasteiger partial charge < -0.3 is 10.4 Å². The first-order chi connectivity index (χ1) is 7.06. The van der Waals surface area contributed by atoms with Crippen molar-refractivity contribution in [3.05, 3.63) is 0 Å². The molecule has 0 spiro atoms. The number of carbonyl (C=O) groups excluding carboxylic acids is 1. The molecule has 15 heavy (non-hydrogen) atoms. The van der Waals surface area contributed by atoms with Crippen LogP contribution in [0, 0.1) is 0 Å². The summed E-state index contributed by atoms with van der Waals surface area (Å²) in [7, 11) is 1.86. The van der Waals surface area contributed by atoms with E-state index in [1.54, 1.807) is 0 Å². The number of rotatable bonds is 8. The zero-order valence-electron chi connectivity index (χ0n) is 9.45. The van der Waals surface area contributed by atoms with E-state index in [9.17, 15) is 9.59 Å². The molecule has 5 nitrogen and oxygen atoms in total. The number of carboxylic acids is 1. The Morgan fingerprint density at radius 3 is 2.53 bits per heavy atom. The van der Waals surface area contributed by atoms with Crippen LogP contribution in [0.15, 0.2) is 0 Å². The van der Waals surface area contributed by atoms with Gasteiger partial charge in [0, 0.05) is 13.0 Å². The standard InChI is InChI=1S/C10H20N2O3/c1-3-11-9(13)8-12(2)7-5-4-6-10(14)15/h3-8H2,1-2H3,(H,11,13)(H,14,15). The summed E-state index contributed by atoms with van der Waals surface area (Å²) in [6, 6.07) is 0. The minimum absolute atomic E-state index is 0.0123. The molecule has 0 rings (SSSR count). The second-order valence-corrected chi connectivity index (χ2v) is 3.54. The number of nitrogens with one attached hydrogen (secondary N) is 1. The normalized spacial score (nSPS) is 10.3. The highest BCUT2D eigenvalue weighted by molar-refractivity contribution is 5.77. The SMILES string of the molecule is CCNC(=O)CN(C)CCCCC(=O)O. The maximum Gasteiger partial charge on any atom is 0.303 e. The van der Waals surface area contributed by atoms with E-state index in [0.29, 0.717) is 19.5 Å². The third kappa shape index (κ3) is 9.21. The summed E-state index contributed by atoms with van der Waals surface area (Å²) in [6.45, 7) is 3.65. The smallest absolute Gasteiger partial charge is 0.303 e. The monoisotopic (exact) mass is 216 g/mol. The molecule has 0 unspecified atom stereocenters. The summed E-state index contributed by atoms with van der Waals surface area (Å²) in [5, 5.41) is 11.1. The van der Waals surface area contributed by atoms with Crippen molar-refractivity contribution in [2.75, 3.05) is 26.7 Å². The molecule has 0 aliphatic heterocycles.